The molecule has 0 bridgehead atoms. The molecule has 3 heterocycles. The molecule has 0 radical (unpaired) electrons. The van der Waals surface area contributed by atoms with E-state index in [2.05, 4.69) is 4.98 Å². The van der Waals surface area contributed by atoms with Gasteiger partial charge in [0.1, 0.15) is 11.3 Å². The standard InChI is InChI=1S/C25H30FN3O4S/c1-24(2,3)33-23(30)28-13-10-25(26,11-14-28)19-5-6-20(27-16-19)17-29-12-9-18-15-21(34(4,31)32)7-8-22(18)29/h5-9,12,15-16H,10-11,13-14,17H2,1-4H3. The summed E-state index contributed by atoms with van der Waals surface area (Å²) < 4.78 is 46.6. The van der Waals surface area contributed by atoms with Crippen molar-refractivity contribution in [3.8, 4) is 0 Å². The number of carbonyl (C=O) groups excluding carboxylic acids is 1. The quantitative estimate of drug-likeness (QED) is 0.534. The Bertz CT molecular complexity index is 1300. The molecule has 1 aromatic carbocycles. The van der Waals surface area contributed by atoms with E-state index in [1.165, 1.54) is 6.26 Å². The summed E-state index contributed by atoms with van der Waals surface area (Å²) in [5.41, 5.74) is 0.0576. The Balaban J connectivity index is 1.43. The first-order valence-corrected chi connectivity index (χ1v) is 13.1. The van der Waals surface area contributed by atoms with E-state index >= 15 is 4.39 Å². The average Bonchev–Trinajstić information content (AvgIpc) is 3.15. The van der Waals surface area contributed by atoms with Crippen LogP contribution in [0.25, 0.3) is 10.9 Å². The lowest BCUT2D eigenvalue weighted by Crippen LogP contribution is -2.45. The van der Waals surface area contributed by atoms with E-state index in [4.69, 9.17) is 4.74 Å². The lowest BCUT2D eigenvalue weighted by atomic mass is 9.87. The van der Waals surface area contributed by atoms with Gasteiger partial charge in [-0.05, 0) is 51.1 Å². The van der Waals surface area contributed by atoms with Gasteiger partial charge in [0, 0.05) is 61.0 Å². The monoisotopic (exact) mass is 487 g/mol. The minimum atomic E-state index is -3.27. The highest BCUT2D eigenvalue weighted by atomic mass is 32.2. The Morgan fingerprint density at radius 3 is 2.44 bits per heavy atom. The maximum absolute atomic E-state index is 15.7. The molecule has 0 saturated carbocycles. The van der Waals surface area contributed by atoms with E-state index in [9.17, 15) is 13.2 Å². The molecule has 0 aliphatic carbocycles. The number of sulfone groups is 1. The number of hydrogen-bond donors (Lipinski definition) is 0. The van der Waals surface area contributed by atoms with Crippen LogP contribution in [0.2, 0.25) is 0 Å². The zero-order chi connectivity index (χ0) is 24.7. The molecule has 0 atom stereocenters. The van der Waals surface area contributed by atoms with Crippen LogP contribution in [0.1, 0.15) is 44.9 Å². The van der Waals surface area contributed by atoms with Gasteiger partial charge < -0.3 is 14.2 Å². The largest absolute Gasteiger partial charge is 0.444 e. The molecule has 2 aromatic heterocycles. The van der Waals surface area contributed by atoms with Crippen molar-refractivity contribution in [1.82, 2.24) is 14.5 Å². The Hall–Kier alpha value is -2.94. The number of alkyl halides is 1. The highest BCUT2D eigenvalue weighted by Gasteiger charge is 2.38. The van der Waals surface area contributed by atoms with Crippen LogP contribution in [-0.2, 0) is 26.8 Å². The molecule has 1 fully saturated rings. The lowest BCUT2D eigenvalue weighted by Gasteiger charge is -2.37. The van der Waals surface area contributed by atoms with Crippen molar-refractivity contribution < 1.29 is 22.3 Å². The molecule has 0 spiro atoms. The Morgan fingerprint density at radius 2 is 1.85 bits per heavy atom. The summed E-state index contributed by atoms with van der Waals surface area (Å²) in [4.78, 5) is 18.6. The first-order valence-electron chi connectivity index (χ1n) is 11.3. The van der Waals surface area contributed by atoms with Crippen molar-refractivity contribution >= 4 is 26.8 Å². The Labute approximate surface area is 199 Å². The molecular weight excluding hydrogens is 457 g/mol. The van der Waals surface area contributed by atoms with E-state index in [-0.39, 0.29) is 30.8 Å². The van der Waals surface area contributed by atoms with Crippen molar-refractivity contribution in [2.24, 2.45) is 0 Å². The predicted octanol–water partition coefficient (Wildman–Crippen LogP) is 4.68. The first-order chi connectivity index (χ1) is 15.8. The number of fused-ring (bicyclic) bond motifs is 1. The summed E-state index contributed by atoms with van der Waals surface area (Å²) >= 11 is 0. The Kier molecular flexibility index (Phi) is 6.18. The van der Waals surface area contributed by atoms with Crippen molar-refractivity contribution in [2.45, 2.75) is 56.3 Å². The van der Waals surface area contributed by atoms with Gasteiger partial charge in [-0.2, -0.15) is 0 Å². The van der Waals surface area contributed by atoms with Gasteiger partial charge in [-0.1, -0.05) is 6.07 Å². The first kappa shape index (κ1) is 24.2. The number of halogens is 1. The van der Waals surface area contributed by atoms with E-state index in [0.717, 1.165) is 16.6 Å². The molecule has 3 aromatic rings. The zero-order valence-corrected chi connectivity index (χ0v) is 20.7. The number of benzene rings is 1. The number of likely N-dealkylation sites (tertiary alicyclic amines) is 1. The van der Waals surface area contributed by atoms with Crippen LogP contribution >= 0.6 is 0 Å². The molecule has 9 heteroatoms. The predicted molar refractivity (Wildman–Crippen MR) is 128 cm³/mol. The molecule has 7 nitrogen and oxygen atoms in total. The second-order valence-corrected chi connectivity index (χ2v) is 11.9. The molecule has 1 aliphatic heterocycles. The minimum absolute atomic E-state index is 0.193. The number of pyridine rings is 1. The summed E-state index contributed by atoms with van der Waals surface area (Å²) in [6.45, 7) is 6.49. The summed E-state index contributed by atoms with van der Waals surface area (Å²) in [6.07, 6.45) is 4.62. The van der Waals surface area contributed by atoms with Gasteiger partial charge in [0.15, 0.2) is 9.84 Å². The van der Waals surface area contributed by atoms with Gasteiger partial charge in [0.05, 0.1) is 17.1 Å². The number of hydrogen-bond acceptors (Lipinski definition) is 5. The van der Waals surface area contributed by atoms with E-state index in [0.29, 0.717) is 12.1 Å². The number of carbonyl (C=O) groups is 1. The number of ether oxygens (including phenoxy) is 1. The molecule has 0 N–H and O–H groups in total. The Morgan fingerprint density at radius 1 is 1.15 bits per heavy atom. The normalized spacial score (nSPS) is 16.6. The van der Waals surface area contributed by atoms with E-state index in [1.807, 2.05) is 43.7 Å². The molecule has 1 amide bonds. The van der Waals surface area contributed by atoms with Crippen molar-refractivity contribution in [3.63, 3.8) is 0 Å². The van der Waals surface area contributed by atoms with Gasteiger partial charge in [0.2, 0.25) is 0 Å². The highest BCUT2D eigenvalue weighted by molar-refractivity contribution is 7.90. The van der Waals surface area contributed by atoms with Crippen molar-refractivity contribution in [1.29, 1.82) is 0 Å². The van der Waals surface area contributed by atoms with Crippen molar-refractivity contribution in [2.75, 3.05) is 19.3 Å². The number of piperidine rings is 1. The molecular formula is C25H30FN3O4S. The topological polar surface area (TPSA) is 81.5 Å². The van der Waals surface area contributed by atoms with Crippen LogP contribution in [0, 0.1) is 0 Å². The number of nitrogens with zero attached hydrogens (tertiary/aromatic N) is 3. The SMILES string of the molecule is CC(C)(C)OC(=O)N1CCC(F)(c2ccc(Cn3ccc4cc(S(C)(=O)=O)ccc43)nc2)CC1. The highest BCUT2D eigenvalue weighted by Crippen LogP contribution is 2.37. The average molecular weight is 488 g/mol. The van der Waals surface area contributed by atoms with Gasteiger partial charge >= 0.3 is 6.09 Å². The molecule has 1 saturated heterocycles. The van der Waals surface area contributed by atoms with Gasteiger partial charge in [-0.3, -0.25) is 4.98 Å². The van der Waals surface area contributed by atoms with Gasteiger partial charge in [0.25, 0.3) is 0 Å². The minimum Gasteiger partial charge on any atom is -0.444 e. The van der Waals surface area contributed by atoms with Crippen LogP contribution in [-0.4, -0.2) is 53.9 Å². The summed E-state index contributed by atoms with van der Waals surface area (Å²) in [6, 6.07) is 10.5. The molecule has 4 rings (SSSR count). The molecule has 1 aliphatic rings. The van der Waals surface area contributed by atoms with Gasteiger partial charge in [-0.25, -0.2) is 17.6 Å². The van der Waals surface area contributed by atoms with Crippen LogP contribution < -0.4 is 0 Å². The maximum Gasteiger partial charge on any atom is 0.410 e. The summed E-state index contributed by atoms with van der Waals surface area (Å²) in [5.74, 6) is 0. The van der Waals surface area contributed by atoms with E-state index in [1.54, 1.807) is 35.4 Å². The number of aromatic nitrogens is 2. The fraction of sp³-hybridized carbons (Fsp3) is 0.440. The third-order valence-corrected chi connectivity index (χ3v) is 7.16. The fourth-order valence-electron chi connectivity index (χ4n) is 4.16. The van der Waals surface area contributed by atoms with Crippen LogP contribution in [0.3, 0.4) is 0 Å². The lowest BCUT2D eigenvalue weighted by molar-refractivity contribution is 0.00213. The smallest absolute Gasteiger partial charge is 0.410 e. The third-order valence-electron chi connectivity index (χ3n) is 6.05. The summed E-state index contributed by atoms with van der Waals surface area (Å²) in [7, 11) is -3.27. The number of amides is 1. The third kappa shape index (κ3) is 5.24. The van der Waals surface area contributed by atoms with Crippen LogP contribution in [0.15, 0.2) is 53.7 Å². The maximum atomic E-state index is 15.7. The van der Waals surface area contributed by atoms with E-state index < -0.39 is 27.2 Å². The second-order valence-electron chi connectivity index (χ2n) is 9.91. The van der Waals surface area contributed by atoms with Crippen LogP contribution in [0.5, 0.6) is 0 Å². The fourth-order valence-corrected chi connectivity index (χ4v) is 4.82. The molecule has 34 heavy (non-hydrogen) atoms. The van der Waals surface area contributed by atoms with Crippen molar-refractivity contribution in [3.05, 3.63) is 60.0 Å². The van der Waals surface area contributed by atoms with Crippen LogP contribution in [0.4, 0.5) is 9.18 Å². The molecule has 182 valence electrons. The second kappa shape index (κ2) is 8.69. The summed E-state index contributed by atoms with van der Waals surface area (Å²) in [5, 5.41) is 0.832. The zero-order valence-electron chi connectivity index (χ0n) is 19.9. The molecule has 0 unspecified atom stereocenters. The van der Waals surface area contributed by atoms with Gasteiger partial charge in [-0.15, -0.1) is 0 Å². The number of rotatable bonds is 4.